The Morgan fingerprint density at radius 2 is 2.08 bits per heavy atom. The van der Waals surface area contributed by atoms with E-state index in [4.69, 9.17) is 5.73 Å². The SMILES string of the molecule is Cn1cc(C(=O)C[C@@H]2CCCN2[C@@H](C(N)=O)c2ccccc2)cn1. The maximum absolute atomic E-state index is 12.5. The summed E-state index contributed by atoms with van der Waals surface area (Å²) in [5.74, 6) is -0.321. The molecule has 2 heterocycles. The highest BCUT2D eigenvalue weighted by molar-refractivity contribution is 5.96. The van der Waals surface area contributed by atoms with Crippen LogP contribution in [0.3, 0.4) is 0 Å². The van der Waals surface area contributed by atoms with Crippen molar-refractivity contribution in [3.05, 3.63) is 53.9 Å². The molecule has 3 rings (SSSR count). The van der Waals surface area contributed by atoms with Crippen molar-refractivity contribution in [1.82, 2.24) is 14.7 Å². The van der Waals surface area contributed by atoms with Crippen LogP contribution in [0.15, 0.2) is 42.7 Å². The molecule has 0 radical (unpaired) electrons. The fourth-order valence-electron chi connectivity index (χ4n) is 3.47. The zero-order chi connectivity index (χ0) is 17.1. The van der Waals surface area contributed by atoms with Crippen LogP contribution in [0.25, 0.3) is 0 Å². The molecule has 1 aliphatic rings. The molecule has 0 aliphatic carbocycles. The Morgan fingerprint density at radius 3 is 2.71 bits per heavy atom. The van der Waals surface area contributed by atoms with Gasteiger partial charge in [-0.3, -0.25) is 19.2 Å². The Labute approximate surface area is 141 Å². The van der Waals surface area contributed by atoms with Gasteiger partial charge in [0, 0.05) is 25.7 Å². The Kier molecular flexibility index (Phi) is 4.76. The molecule has 0 bridgehead atoms. The number of rotatable bonds is 6. The van der Waals surface area contributed by atoms with E-state index in [0.717, 1.165) is 24.9 Å². The molecule has 1 amide bonds. The zero-order valence-corrected chi connectivity index (χ0v) is 13.8. The van der Waals surface area contributed by atoms with Crippen molar-refractivity contribution in [3.8, 4) is 0 Å². The van der Waals surface area contributed by atoms with Gasteiger partial charge in [-0.25, -0.2) is 0 Å². The Morgan fingerprint density at radius 1 is 1.33 bits per heavy atom. The van der Waals surface area contributed by atoms with Crippen LogP contribution in [0.2, 0.25) is 0 Å². The molecule has 0 unspecified atom stereocenters. The minimum atomic E-state index is -0.486. The van der Waals surface area contributed by atoms with E-state index >= 15 is 0 Å². The van der Waals surface area contributed by atoms with Crippen molar-refractivity contribution < 1.29 is 9.59 Å². The quantitative estimate of drug-likeness (QED) is 0.819. The lowest BCUT2D eigenvalue weighted by Crippen LogP contribution is -2.41. The lowest BCUT2D eigenvalue weighted by Gasteiger charge is -2.31. The summed E-state index contributed by atoms with van der Waals surface area (Å²) in [6.07, 6.45) is 5.54. The molecule has 1 aromatic heterocycles. The summed E-state index contributed by atoms with van der Waals surface area (Å²) in [5, 5.41) is 4.05. The molecule has 126 valence electrons. The number of ketones is 1. The van der Waals surface area contributed by atoms with E-state index in [0.29, 0.717) is 12.0 Å². The third-order valence-electron chi connectivity index (χ3n) is 4.59. The highest BCUT2D eigenvalue weighted by atomic mass is 16.1. The Hall–Kier alpha value is -2.47. The number of carbonyl (C=O) groups excluding carboxylic acids is 2. The second-order valence-corrected chi connectivity index (χ2v) is 6.28. The molecule has 1 aliphatic heterocycles. The zero-order valence-electron chi connectivity index (χ0n) is 13.8. The number of benzene rings is 1. The number of nitrogens with zero attached hydrogens (tertiary/aromatic N) is 3. The molecular weight excluding hydrogens is 304 g/mol. The number of primary amides is 1. The molecule has 24 heavy (non-hydrogen) atoms. The average Bonchev–Trinajstić information content (AvgIpc) is 3.18. The van der Waals surface area contributed by atoms with E-state index in [1.165, 1.54) is 0 Å². The van der Waals surface area contributed by atoms with E-state index in [9.17, 15) is 9.59 Å². The van der Waals surface area contributed by atoms with Gasteiger partial charge in [0.05, 0.1) is 11.8 Å². The summed E-state index contributed by atoms with van der Waals surface area (Å²) < 4.78 is 1.62. The molecule has 0 spiro atoms. The van der Waals surface area contributed by atoms with Gasteiger partial charge in [-0.2, -0.15) is 5.10 Å². The van der Waals surface area contributed by atoms with E-state index in [1.807, 2.05) is 30.3 Å². The molecule has 2 atom stereocenters. The first-order valence-corrected chi connectivity index (χ1v) is 8.18. The predicted molar refractivity (Wildman–Crippen MR) is 90.3 cm³/mol. The van der Waals surface area contributed by atoms with Crippen LogP contribution >= 0.6 is 0 Å². The standard InChI is InChI=1S/C18H22N4O2/c1-21-12-14(11-20-21)16(23)10-15-8-5-9-22(15)17(18(19)24)13-6-3-2-4-7-13/h2-4,6-7,11-12,15,17H,5,8-10H2,1H3,(H2,19,24)/t15-,17+/m0/s1. The molecular formula is C18H22N4O2. The first-order chi connectivity index (χ1) is 11.6. The van der Waals surface area contributed by atoms with Gasteiger partial charge in [0.25, 0.3) is 0 Å². The maximum Gasteiger partial charge on any atom is 0.239 e. The number of likely N-dealkylation sites (tertiary alicyclic amines) is 1. The lowest BCUT2D eigenvalue weighted by atomic mass is 10.00. The molecule has 6 nitrogen and oxygen atoms in total. The Balaban J connectivity index is 1.78. The maximum atomic E-state index is 12.5. The number of Topliss-reactive ketones (excluding diaryl/α,β-unsaturated/α-hetero) is 1. The number of aromatic nitrogens is 2. The fraction of sp³-hybridized carbons (Fsp3) is 0.389. The number of carbonyl (C=O) groups is 2. The molecule has 2 N–H and O–H groups in total. The van der Waals surface area contributed by atoms with E-state index < -0.39 is 6.04 Å². The van der Waals surface area contributed by atoms with Crippen molar-refractivity contribution in [3.63, 3.8) is 0 Å². The van der Waals surface area contributed by atoms with Crippen LogP contribution in [0.4, 0.5) is 0 Å². The highest BCUT2D eigenvalue weighted by Crippen LogP contribution is 2.31. The summed E-state index contributed by atoms with van der Waals surface area (Å²) in [4.78, 5) is 26.6. The van der Waals surface area contributed by atoms with Gasteiger partial charge < -0.3 is 5.73 Å². The summed E-state index contributed by atoms with van der Waals surface area (Å²) in [6.45, 7) is 0.771. The van der Waals surface area contributed by atoms with Crippen LogP contribution in [0.1, 0.15) is 41.2 Å². The minimum Gasteiger partial charge on any atom is -0.368 e. The predicted octanol–water partition coefficient (Wildman–Crippen LogP) is 1.68. The fourth-order valence-corrected chi connectivity index (χ4v) is 3.47. The number of hydrogen-bond donors (Lipinski definition) is 1. The van der Waals surface area contributed by atoms with E-state index in [1.54, 1.807) is 24.1 Å². The Bertz CT molecular complexity index is 726. The van der Waals surface area contributed by atoms with Crippen molar-refractivity contribution in [2.45, 2.75) is 31.3 Å². The van der Waals surface area contributed by atoms with Gasteiger partial charge in [-0.15, -0.1) is 0 Å². The minimum absolute atomic E-state index is 0.0235. The summed E-state index contributed by atoms with van der Waals surface area (Å²) >= 11 is 0. The summed E-state index contributed by atoms with van der Waals surface area (Å²) in [7, 11) is 1.79. The number of nitrogens with two attached hydrogens (primary N) is 1. The van der Waals surface area contributed by atoms with E-state index in [-0.39, 0.29) is 17.7 Å². The molecule has 1 fully saturated rings. The molecule has 2 aromatic rings. The normalized spacial score (nSPS) is 19.3. The number of amides is 1. The smallest absolute Gasteiger partial charge is 0.239 e. The lowest BCUT2D eigenvalue weighted by molar-refractivity contribution is -0.123. The molecule has 1 aromatic carbocycles. The summed E-state index contributed by atoms with van der Waals surface area (Å²) in [5.41, 5.74) is 7.17. The van der Waals surface area contributed by atoms with Gasteiger partial charge in [-0.1, -0.05) is 30.3 Å². The van der Waals surface area contributed by atoms with Crippen LogP contribution in [-0.4, -0.2) is 39.0 Å². The topological polar surface area (TPSA) is 81.2 Å². The molecule has 6 heteroatoms. The van der Waals surface area contributed by atoms with Gasteiger partial charge in [-0.05, 0) is 24.9 Å². The number of hydrogen-bond acceptors (Lipinski definition) is 4. The van der Waals surface area contributed by atoms with Gasteiger partial charge in [0.15, 0.2) is 5.78 Å². The van der Waals surface area contributed by atoms with Gasteiger partial charge >= 0.3 is 0 Å². The third kappa shape index (κ3) is 3.38. The van der Waals surface area contributed by atoms with Crippen LogP contribution in [0.5, 0.6) is 0 Å². The summed E-state index contributed by atoms with van der Waals surface area (Å²) in [6, 6.07) is 9.07. The van der Waals surface area contributed by atoms with Crippen LogP contribution in [0, 0.1) is 0 Å². The van der Waals surface area contributed by atoms with Crippen molar-refractivity contribution in [2.75, 3.05) is 6.54 Å². The second-order valence-electron chi connectivity index (χ2n) is 6.28. The van der Waals surface area contributed by atoms with Crippen LogP contribution in [-0.2, 0) is 11.8 Å². The van der Waals surface area contributed by atoms with E-state index in [2.05, 4.69) is 10.00 Å². The van der Waals surface area contributed by atoms with Gasteiger partial charge in [0.2, 0.25) is 5.91 Å². The first-order valence-electron chi connectivity index (χ1n) is 8.18. The second kappa shape index (κ2) is 6.97. The monoisotopic (exact) mass is 326 g/mol. The highest BCUT2D eigenvalue weighted by Gasteiger charge is 2.35. The van der Waals surface area contributed by atoms with Gasteiger partial charge in [0.1, 0.15) is 6.04 Å². The van der Waals surface area contributed by atoms with Crippen molar-refractivity contribution in [2.24, 2.45) is 12.8 Å². The average molecular weight is 326 g/mol. The van der Waals surface area contributed by atoms with Crippen molar-refractivity contribution >= 4 is 11.7 Å². The molecule has 0 saturated carbocycles. The number of aryl methyl sites for hydroxylation is 1. The van der Waals surface area contributed by atoms with Crippen LogP contribution < -0.4 is 5.73 Å². The first kappa shape index (κ1) is 16.4. The largest absolute Gasteiger partial charge is 0.368 e. The third-order valence-corrected chi connectivity index (χ3v) is 4.59. The van der Waals surface area contributed by atoms with Crippen molar-refractivity contribution in [1.29, 1.82) is 0 Å². The molecule has 1 saturated heterocycles.